The highest BCUT2D eigenvalue weighted by molar-refractivity contribution is 7.80. The smallest absolute Gasteiger partial charge is 0.261 e. The fourth-order valence-corrected chi connectivity index (χ4v) is 2.86. The number of hydrazine groups is 1. The first-order chi connectivity index (χ1) is 14.1. The fourth-order valence-electron chi connectivity index (χ4n) is 2.70. The van der Waals surface area contributed by atoms with Gasteiger partial charge in [-0.05, 0) is 61.3 Å². The number of hydrogen-bond donors (Lipinski definition) is 4. The monoisotopic (exact) mass is 434 g/mol. The van der Waals surface area contributed by atoms with Gasteiger partial charge in [0.05, 0.1) is 0 Å². The lowest BCUT2D eigenvalue weighted by atomic mass is 10.0. The number of rotatable bonds is 5. The minimum Gasteiger partial charge on any atom is -0.340 e. The van der Waals surface area contributed by atoms with Gasteiger partial charge in [0.2, 0.25) is 0 Å². The van der Waals surface area contributed by atoms with Crippen molar-refractivity contribution in [2.75, 3.05) is 5.32 Å². The second-order valence-electron chi connectivity index (χ2n) is 7.11. The van der Waals surface area contributed by atoms with Crippen LogP contribution in [0.15, 0.2) is 36.4 Å². The molecule has 30 heavy (non-hydrogen) atoms. The Hall–Kier alpha value is -3.07. The van der Waals surface area contributed by atoms with Gasteiger partial charge in [0.15, 0.2) is 5.11 Å². The summed E-state index contributed by atoms with van der Waals surface area (Å²) in [4.78, 5) is 24.9. The van der Waals surface area contributed by atoms with E-state index in [9.17, 15) is 18.4 Å². The maximum absolute atomic E-state index is 13.8. The minimum absolute atomic E-state index is 0.144. The molecule has 0 bridgehead atoms. The molecule has 0 heterocycles. The van der Waals surface area contributed by atoms with Gasteiger partial charge in [0.25, 0.3) is 11.8 Å². The van der Waals surface area contributed by atoms with Crippen molar-refractivity contribution in [3.8, 4) is 0 Å². The van der Waals surface area contributed by atoms with Gasteiger partial charge >= 0.3 is 0 Å². The van der Waals surface area contributed by atoms with Gasteiger partial charge in [-0.3, -0.25) is 20.4 Å². The summed E-state index contributed by atoms with van der Waals surface area (Å²) in [6.07, 6.45) is 0. The zero-order chi connectivity index (χ0) is 22.4. The predicted octanol–water partition coefficient (Wildman–Crippen LogP) is 3.35. The van der Waals surface area contributed by atoms with Crippen LogP contribution in [0.3, 0.4) is 0 Å². The standard InChI is InChI=1S/C21H24F2N4O2S/c1-11(2)18(25-19(28)17-14(22)8-6-9-15(17)23)20(29)26-27-21(30)24-16-10-5-7-12(3)13(16)4/h5-11,18H,1-4H3,(H,25,28)(H,26,29)(H2,24,27,30). The van der Waals surface area contributed by atoms with Gasteiger partial charge in [-0.25, -0.2) is 8.78 Å². The van der Waals surface area contributed by atoms with Crippen molar-refractivity contribution in [1.29, 1.82) is 0 Å². The first-order valence-corrected chi connectivity index (χ1v) is 9.70. The molecule has 0 aromatic heterocycles. The molecule has 0 aliphatic rings. The highest BCUT2D eigenvalue weighted by atomic mass is 32.1. The number of carbonyl (C=O) groups is 2. The van der Waals surface area contributed by atoms with Gasteiger partial charge in [-0.2, -0.15) is 0 Å². The van der Waals surface area contributed by atoms with Gasteiger partial charge < -0.3 is 10.6 Å². The van der Waals surface area contributed by atoms with Crippen LogP contribution in [0.1, 0.15) is 35.3 Å². The fraction of sp³-hybridized carbons (Fsp3) is 0.286. The number of nitrogens with one attached hydrogen (secondary N) is 4. The van der Waals surface area contributed by atoms with E-state index in [-0.39, 0.29) is 11.0 Å². The maximum Gasteiger partial charge on any atom is 0.261 e. The lowest BCUT2D eigenvalue weighted by molar-refractivity contribution is -0.124. The number of carbonyl (C=O) groups excluding carboxylic acids is 2. The number of hydrogen-bond acceptors (Lipinski definition) is 3. The van der Waals surface area contributed by atoms with Crippen LogP contribution in [0.5, 0.6) is 0 Å². The Balaban J connectivity index is 2.01. The van der Waals surface area contributed by atoms with Crippen molar-refractivity contribution >= 4 is 34.8 Å². The van der Waals surface area contributed by atoms with Gasteiger partial charge in [0, 0.05) is 5.69 Å². The largest absolute Gasteiger partial charge is 0.340 e. The highest BCUT2D eigenvalue weighted by Crippen LogP contribution is 2.17. The SMILES string of the molecule is Cc1cccc(NC(=S)NNC(=O)C(NC(=O)c2c(F)cccc2F)C(C)C)c1C. The van der Waals surface area contributed by atoms with Crippen LogP contribution in [0, 0.1) is 31.4 Å². The molecule has 1 unspecified atom stereocenters. The second-order valence-corrected chi connectivity index (χ2v) is 7.52. The summed E-state index contributed by atoms with van der Waals surface area (Å²) >= 11 is 5.18. The number of aryl methyl sites for hydroxylation is 1. The van der Waals surface area contributed by atoms with Crippen molar-refractivity contribution in [1.82, 2.24) is 16.2 Å². The predicted molar refractivity (Wildman–Crippen MR) is 116 cm³/mol. The molecule has 1 atom stereocenters. The summed E-state index contributed by atoms with van der Waals surface area (Å²) < 4.78 is 27.7. The molecule has 4 N–H and O–H groups in total. The normalized spacial score (nSPS) is 11.6. The van der Waals surface area contributed by atoms with E-state index in [1.807, 2.05) is 32.0 Å². The molecule has 0 radical (unpaired) electrons. The van der Waals surface area contributed by atoms with Crippen LogP contribution < -0.4 is 21.5 Å². The molecule has 0 spiro atoms. The minimum atomic E-state index is -1.05. The lowest BCUT2D eigenvalue weighted by Gasteiger charge is -2.23. The van der Waals surface area contributed by atoms with E-state index in [0.717, 1.165) is 35.0 Å². The number of thiocarbonyl (C=S) groups is 1. The maximum atomic E-state index is 13.8. The molecule has 9 heteroatoms. The van der Waals surface area contributed by atoms with Gasteiger partial charge in [-0.15, -0.1) is 0 Å². The Labute approximate surface area is 179 Å². The van der Waals surface area contributed by atoms with Crippen molar-refractivity contribution < 1.29 is 18.4 Å². The molecule has 2 aromatic carbocycles. The Kier molecular flexibility index (Phi) is 7.82. The number of halogens is 2. The van der Waals surface area contributed by atoms with Crippen molar-refractivity contribution in [3.63, 3.8) is 0 Å². The molecule has 0 saturated carbocycles. The van der Waals surface area contributed by atoms with Crippen molar-refractivity contribution in [2.24, 2.45) is 5.92 Å². The third-order valence-electron chi connectivity index (χ3n) is 4.58. The molecule has 0 aliphatic carbocycles. The summed E-state index contributed by atoms with van der Waals surface area (Å²) in [6.45, 7) is 7.28. The van der Waals surface area contributed by atoms with Crippen LogP contribution in [0.25, 0.3) is 0 Å². The first kappa shape index (κ1) is 23.2. The van der Waals surface area contributed by atoms with E-state index in [1.54, 1.807) is 13.8 Å². The molecule has 0 fully saturated rings. The Morgan fingerprint density at radius 3 is 2.17 bits per heavy atom. The quantitative estimate of drug-likeness (QED) is 0.429. The summed E-state index contributed by atoms with van der Waals surface area (Å²) in [5, 5.41) is 5.49. The van der Waals surface area contributed by atoms with Crippen LogP contribution in [0.4, 0.5) is 14.5 Å². The van der Waals surface area contributed by atoms with Gasteiger partial charge in [0.1, 0.15) is 23.2 Å². The summed E-state index contributed by atoms with van der Waals surface area (Å²) in [5.41, 5.74) is 7.11. The van der Waals surface area contributed by atoms with E-state index < -0.39 is 35.1 Å². The molecule has 0 saturated heterocycles. The second kappa shape index (κ2) is 10.1. The summed E-state index contributed by atoms with van der Waals surface area (Å²) in [5.74, 6) is -4.00. The number of anilines is 1. The lowest BCUT2D eigenvalue weighted by Crippen LogP contribution is -2.55. The molecular formula is C21H24F2N4O2S. The van der Waals surface area contributed by atoms with Crippen LogP contribution in [-0.2, 0) is 4.79 Å². The number of amides is 2. The Morgan fingerprint density at radius 2 is 1.57 bits per heavy atom. The zero-order valence-electron chi connectivity index (χ0n) is 17.1. The highest BCUT2D eigenvalue weighted by Gasteiger charge is 2.27. The summed E-state index contributed by atoms with van der Waals surface area (Å²) in [7, 11) is 0. The van der Waals surface area contributed by atoms with Crippen LogP contribution >= 0.6 is 12.2 Å². The van der Waals surface area contributed by atoms with E-state index in [1.165, 1.54) is 0 Å². The molecule has 6 nitrogen and oxygen atoms in total. The molecule has 2 aromatic rings. The average molecular weight is 435 g/mol. The Bertz CT molecular complexity index is 946. The summed E-state index contributed by atoms with van der Waals surface area (Å²) in [6, 6.07) is 7.74. The van der Waals surface area contributed by atoms with Crippen LogP contribution in [0.2, 0.25) is 0 Å². The number of benzene rings is 2. The topological polar surface area (TPSA) is 82.3 Å². The van der Waals surface area contributed by atoms with Crippen LogP contribution in [-0.4, -0.2) is 23.0 Å². The third kappa shape index (κ3) is 5.73. The molecular weight excluding hydrogens is 410 g/mol. The van der Waals surface area contributed by atoms with Crippen molar-refractivity contribution in [3.05, 3.63) is 64.7 Å². The zero-order valence-corrected chi connectivity index (χ0v) is 17.9. The first-order valence-electron chi connectivity index (χ1n) is 9.29. The van der Waals surface area contributed by atoms with E-state index in [4.69, 9.17) is 12.2 Å². The average Bonchev–Trinajstić information content (AvgIpc) is 2.67. The third-order valence-corrected chi connectivity index (χ3v) is 4.78. The van der Waals surface area contributed by atoms with E-state index in [2.05, 4.69) is 21.5 Å². The molecule has 160 valence electrons. The van der Waals surface area contributed by atoms with E-state index >= 15 is 0 Å². The van der Waals surface area contributed by atoms with E-state index in [0.29, 0.717) is 0 Å². The van der Waals surface area contributed by atoms with Gasteiger partial charge in [-0.1, -0.05) is 32.0 Å². The Morgan fingerprint density at radius 1 is 0.967 bits per heavy atom. The molecule has 2 rings (SSSR count). The molecule has 0 aliphatic heterocycles. The molecule has 2 amide bonds. The van der Waals surface area contributed by atoms with Crippen molar-refractivity contribution in [2.45, 2.75) is 33.7 Å².